The van der Waals surface area contributed by atoms with Crippen LogP contribution in [0.5, 0.6) is 5.75 Å². The summed E-state index contributed by atoms with van der Waals surface area (Å²) in [5.41, 5.74) is 4.03. The molecular weight excluding hydrogens is 486 g/mol. The van der Waals surface area contributed by atoms with E-state index in [1.165, 1.54) is 0 Å². The number of sulfonamides is 1. The molecule has 0 radical (unpaired) electrons. The minimum atomic E-state index is -3.57. The van der Waals surface area contributed by atoms with Gasteiger partial charge in [0, 0.05) is 36.0 Å². The molecule has 5 aromatic rings. The van der Waals surface area contributed by atoms with Gasteiger partial charge in [0.25, 0.3) is 0 Å². The molecule has 0 unspecified atom stereocenters. The number of imidazole rings is 1. The summed E-state index contributed by atoms with van der Waals surface area (Å²) in [4.78, 5) is 12.9. The highest BCUT2D eigenvalue weighted by Gasteiger charge is 2.17. The van der Waals surface area contributed by atoms with Crippen LogP contribution in [-0.4, -0.2) is 41.6 Å². The molecule has 0 aliphatic carbocycles. The Morgan fingerprint density at radius 1 is 0.784 bits per heavy atom. The van der Waals surface area contributed by atoms with Crippen LogP contribution >= 0.6 is 0 Å². The predicted octanol–water partition coefficient (Wildman–Crippen LogP) is 4.90. The monoisotopic (exact) mass is 511 g/mol. The number of nitrogens with one attached hydrogen (secondary N) is 3. The zero-order chi connectivity index (χ0) is 25.7. The fraction of sp³-hybridized carbons (Fsp3) is 0.0714. The third-order valence-corrected chi connectivity index (χ3v) is 7.17. The molecule has 2 heterocycles. The fourth-order valence-corrected chi connectivity index (χ4v) is 4.97. The molecule has 37 heavy (non-hydrogen) atoms. The van der Waals surface area contributed by atoms with E-state index in [4.69, 9.17) is 4.98 Å². The van der Waals surface area contributed by atoms with E-state index in [2.05, 4.69) is 20.0 Å². The van der Waals surface area contributed by atoms with Gasteiger partial charge in [-0.25, -0.2) is 23.1 Å². The van der Waals surface area contributed by atoms with Crippen LogP contribution in [0.4, 0.5) is 5.82 Å². The second-order valence-corrected chi connectivity index (χ2v) is 10.1. The lowest BCUT2D eigenvalue weighted by atomic mass is 10.1. The Morgan fingerprint density at radius 3 is 2.27 bits per heavy atom. The number of aromatic hydroxyl groups is 1. The van der Waals surface area contributed by atoms with E-state index in [0.29, 0.717) is 23.9 Å². The summed E-state index contributed by atoms with van der Waals surface area (Å²) in [5.74, 6) is 1.45. The maximum Gasteiger partial charge on any atom is 0.240 e. The van der Waals surface area contributed by atoms with Gasteiger partial charge in [-0.1, -0.05) is 60.7 Å². The van der Waals surface area contributed by atoms with Gasteiger partial charge in [-0.3, -0.25) is 0 Å². The second kappa shape index (κ2) is 10.7. The first-order valence-corrected chi connectivity index (χ1v) is 13.2. The number of benzene rings is 3. The summed E-state index contributed by atoms with van der Waals surface area (Å²) in [5, 5.41) is 13.2. The SMILES string of the molecule is O=S(=O)(NCCNc1cc(-c2[nH]c(-c3ccccc3)nc2-c2cccc(O)c2)ccn1)c1ccccc1. The van der Waals surface area contributed by atoms with Crippen molar-refractivity contribution in [2.45, 2.75) is 4.90 Å². The lowest BCUT2D eigenvalue weighted by Crippen LogP contribution is -2.29. The molecule has 0 saturated heterocycles. The van der Waals surface area contributed by atoms with E-state index in [0.717, 1.165) is 22.4 Å². The first-order valence-electron chi connectivity index (χ1n) is 11.7. The second-order valence-electron chi connectivity index (χ2n) is 8.29. The highest BCUT2D eigenvalue weighted by molar-refractivity contribution is 7.89. The van der Waals surface area contributed by atoms with E-state index >= 15 is 0 Å². The molecule has 0 bridgehead atoms. The number of phenolic OH excluding ortho intramolecular Hbond substituents is 1. The molecule has 0 aliphatic rings. The molecule has 0 amide bonds. The van der Waals surface area contributed by atoms with E-state index in [1.54, 1.807) is 54.7 Å². The molecule has 0 atom stereocenters. The van der Waals surface area contributed by atoms with Gasteiger partial charge in [-0.15, -0.1) is 0 Å². The Kier molecular flexibility index (Phi) is 6.98. The van der Waals surface area contributed by atoms with Crippen molar-refractivity contribution in [2.75, 3.05) is 18.4 Å². The van der Waals surface area contributed by atoms with Gasteiger partial charge >= 0.3 is 0 Å². The van der Waals surface area contributed by atoms with Gasteiger partial charge in [0.1, 0.15) is 17.4 Å². The van der Waals surface area contributed by atoms with Crippen LogP contribution in [0.15, 0.2) is 108 Å². The predicted molar refractivity (Wildman–Crippen MR) is 144 cm³/mol. The lowest BCUT2D eigenvalue weighted by Gasteiger charge is -2.10. The van der Waals surface area contributed by atoms with Gasteiger partial charge < -0.3 is 15.4 Å². The Balaban J connectivity index is 1.37. The van der Waals surface area contributed by atoms with E-state index in [9.17, 15) is 13.5 Å². The van der Waals surface area contributed by atoms with Crippen LogP contribution in [0.3, 0.4) is 0 Å². The number of anilines is 1. The van der Waals surface area contributed by atoms with Crippen LogP contribution in [0, 0.1) is 0 Å². The number of aromatic amines is 1. The molecule has 0 saturated carbocycles. The standard InChI is InChI=1S/C28H25N5O3S/c34-23-11-7-10-21(18-23)26-27(33-28(32-26)20-8-3-1-4-9-20)22-14-15-29-25(19-22)30-16-17-31-37(35,36)24-12-5-2-6-13-24/h1-15,18-19,31,34H,16-17H2,(H,29,30)(H,32,33). The summed E-state index contributed by atoms with van der Waals surface area (Å²) >= 11 is 0. The molecule has 4 N–H and O–H groups in total. The average molecular weight is 512 g/mol. The highest BCUT2D eigenvalue weighted by Crippen LogP contribution is 2.34. The molecular formula is C28H25N5O3S. The molecule has 0 aliphatic heterocycles. The topological polar surface area (TPSA) is 120 Å². The van der Waals surface area contributed by atoms with Crippen molar-refractivity contribution in [3.8, 4) is 39.7 Å². The molecule has 0 fully saturated rings. The Hall–Kier alpha value is -4.47. The molecule has 186 valence electrons. The number of rotatable bonds is 9. The van der Waals surface area contributed by atoms with E-state index in [1.807, 2.05) is 48.5 Å². The Morgan fingerprint density at radius 2 is 1.51 bits per heavy atom. The van der Waals surface area contributed by atoms with Crippen LogP contribution in [-0.2, 0) is 10.0 Å². The number of nitrogens with zero attached hydrogens (tertiary/aromatic N) is 2. The van der Waals surface area contributed by atoms with Gasteiger partial charge in [-0.05, 0) is 36.4 Å². The van der Waals surface area contributed by atoms with Crippen molar-refractivity contribution < 1.29 is 13.5 Å². The van der Waals surface area contributed by atoms with Gasteiger partial charge in [-0.2, -0.15) is 0 Å². The number of pyridine rings is 1. The van der Waals surface area contributed by atoms with Crippen LogP contribution in [0.25, 0.3) is 33.9 Å². The Bertz CT molecular complexity index is 1600. The fourth-order valence-electron chi connectivity index (χ4n) is 3.92. The summed E-state index contributed by atoms with van der Waals surface area (Å²) in [6, 6.07) is 28.8. The van der Waals surface area contributed by atoms with Gasteiger partial charge in [0.2, 0.25) is 10.0 Å². The Labute approximate surface area is 215 Å². The number of hydrogen-bond donors (Lipinski definition) is 4. The average Bonchev–Trinajstić information content (AvgIpc) is 3.38. The van der Waals surface area contributed by atoms with Crippen molar-refractivity contribution >= 4 is 15.8 Å². The third-order valence-electron chi connectivity index (χ3n) is 5.70. The summed E-state index contributed by atoms with van der Waals surface area (Å²) < 4.78 is 27.4. The molecule has 2 aromatic heterocycles. The number of phenols is 1. The maximum atomic E-state index is 12.4. The normalized spacial score (nSPS) is 11.4. The van der Waals surface area contributed by atoms with E-state index < -0.39 is 10.0 Å². The van der Waals surface area contributed by atoms with Crippen molar-refractivity contribution in [2.24, 2.45) is 0 Å². The maximum absolute atomic E-state index is 12.4. The molecule has 5 rings (SSSR count). The number of H-pyrrole nitrogens is 1. The lowest BCUT2D eigenvalue weighted by molar-refractivity contribution is 0.475. The zero-order valence-electron chi connectivity index (χ0n) is 19.8. The van der Waals surface area contributed by atoms with Crippen LogP contribution in [0.1, 0.15) is 0 Å². The quantitative estimate of drug-likeness (QED) is 0.209. The smallest absolute Gasteiger partial charge is 0.240 e. The minimum Gasteiger partial charge on any atom is -0.508 e. The zero-order valence-corrected chi connectivity index (χ0v) is 20.6. The summed E-state index contributed by atoms with van der Waals surface area (Å²) in [6.45, 7) is 0.542. The third kappa shape index (κ3) is 5.69. The van der Waals surface area contributed by atoms with Crippen molar-refractivity contribution in [1.29, 1.82) is 0 Å². The first-order chi connectivity index (χ1) is 18.0. The molecule has 0 spiro atoms. The number of aromatic nitrogens is 3. The van der Waals surface area contributed by atoms with Crippen molar-refractivity contribution in [3.05, 3.63) is 103 Å². The summed E-state index contributed by atoms with van der Waals surface area (Å²) in [6.07, 6.45) is 1.68. The molecule has 8 nitrogen and oxygen atoms in total. The molecule has 9 heteroatoms. The minimum absolute atomic E-state index is 0.155. The van der Waals surface area contributed by atoms with Gasteiger partial charge in [0.15, 0.2) is 0 Å². The van der Waals surface area contributed by atoms with Gasteiger partial charge in [0.05, 0.1) is 16.3 Å². The van der Waals surface area contributed by atoms with Crippen LogP contribution in [0.2, 0.25) is 0 Å². The molecule has 3 aromatic carbocycles. The van der Waals surface area contributed by atoms with Crippen molar-refractivity contribution in [1.82, 2.24) is 19.7 Å². The first kappa shape index (κ1) is 24.2. The van der Waals surface area contributed by atoms with Crippen LogP contribution < -0.4 is 10.0 Å². The number of hydrogen-bond acceptors (Lipinski definition) is 6. The largest absolute Gasteiger partial charge is 0.508 e. The highest BCUT2D eigenvalue weighted by atomic mass is 32.2. The summed E-state index contributed by atoms with van der Waals surface area (Å²) in [7, 11) is -3.57. The van der Waals surface area contributed by atoms with Crippen molar-refractivity contribution in [3.63, 3.8) is 0 Å². The van der Waals surface area contributed by atoms with E-state index in [-0.39, 0.29) is 17.2 Å².